The van der Waals surface area contributed by atoms with Crippen molar-refractivity contribution >= 4 is 27.9 Å². The zero-order valence-electron chi connectivity index (χ0n) is 9.95. The second kappa shape index (κ2) is 5.49. The van der Waals surface area contributed by atoms with E-state index in [1.165, 1.54) is 12.1 Å². The highest BCUT2D eigenvalue weighted by Gasteiger charge is 2.15. The molecule has 0 aliphatic heterocycles. The van der Waals surface area contributed by atoms with Gasteiger partial charge in [0.1, 0.15) is 5.75 Å². The van der Waals surface area contributed by atoms with Crippen molar-refractivity contribution in [1.82, 2.24) is 0 Å². The molecule has 2 rings (SSSR count). The number of amides is 1. The second-order valence-electron chi connectivity index (χ2n) is 3.58. The Morgan fingerprint density at radius 1 is 1.26 bits per heavy atom. The maximum absolute atomic E-state index is 11.8. The van der Waals surface area contributed by atoms with Crippen molar-refractivity contribution in [2.45, 2.75) is 0 Å². The second-order valence-corrected chi connectivity index (χ2v) is 4.64. The van der Waals surface area contributed by atoms with Gasteiger partial charge in [-0.15, -0.1) is 0 Å². The lowest BCUT2D eigenvalue weighted by Crippen LogP contribution is -2.09. The van der Waals surface area contributed by atoms with Crippen LogP contribution in [0.1, 0.15) is 9.67 Å². The number of carbonyl (C=O) groups excluding carboxylic acids is 1. The number of benzene rings is 1. The van der Waals surface area contributed by atoms with Gasteiger partial charge in [0, 0.05) is 11.8 Å². The lowest BCUT2D eigenvalue weighted by Gasteiger charge is -2.04. The third-order valence-corrected chi connectivity index (χ3v) is 3.38. The van der Waals surface area contributed by atoms with Gasteiger partial charge in [-0.3, -0.25) is 14.9 Å². The quantitative estimate of drug-likeness (QED) is 0.688. The number of hydrogen-bond donors (Lipinski definition) is 1. The molecule has 0 saturated carbocycles. The van der Waals surface area contributed by atoms with Crippen molar-refractivity contribution < 1.29 is 14.5 Å². The van der Waals surface area contributed by atoms with Gasteiger partial charge in [0.25, 0.3) is 5.91 Å². The van der Waals surface area contributed by atoms with Crippen LogP contribution in [-0.4, -0.2) is 17.9 Å². The molecule has 0 radical (unpaired) electrons. The number of ether oxygens (including phenoxy) is 1. The molecule has 1 N–H and O–H groups in total. The third-order valence-electron chi connectivity index (χ3n) is 2.34. The molecule has 2 aromatic rings. The minimum atomic E-state index is -0.519. The number of rotatable bonds is 4. The van der Waals surface area contributed by atoms with Crippen molar-refractivity contribution in [2.75, 3.05) is 12.4 Å². The van der Waals surface area contributed by atoms with Crippen LogP contribution in [0.15, 0.2) is 36.4 Å². The smallest absolute Gasteiger partial charge is 0.324 e. The molecule has 1 heterocycles. The van der Waals surface area contributed by atoms with Gasteiger partial charge in [0.05, 0.1) is 16.9 Å². The van der Waals surface area contributed by atoms with E-state index in [0.29, 0.717) is 16.3 Å². The van der Waals surface area contributed by atoms with Gasteiger partial charge in [-0.25, -0.2) is 0 Å². The first-order chi connectivity index (χ1) is 9.10. The predicted molar refractivity (Wildman–Crippen MR) is 71.9 cm³/mol. The molecule has 6 nitrogen and oxygen atoms in total. The number of nitro groups is 1. The fourth-order valence-electron chi connectivity index (χ4n) is 1.41. The molecule has 1 amide bonds. The number of carbonyl (C=O) groups is 1. The van der Waals surface area contributed by atoms with Gasteiger partial charge in [0.2, 0.25) is 0 Å². The normalized spacial score (nSPS) is 9.95. The molecule has 98 valence electrons. The maximum Gasteiger partial charge on any atom is 0.324 e. The summed E-state index contributed by atoms with van der Waals surface area (Å²) in [5, 5.41) is 13.1. The first-order valence-electron chi connectivity index (χ1n) is 5.30. The Bertz CT molecular complexity index is 606. The van der Waals surface area contributed by atoms with Crippen molar-refractivity contribution in [3.8, 4) is 5.75 Å². The highest BCUT2D eigenvalue weighted by Crippen LogP contribution is 2.25. The molecule has 0 saturated heterocycles. The van der Waals surface area contributed by atoms with E-state index in [2.05, 4.69) is 5.32 Å². The Morgan fingerprint density at radius 3 is 2.47 bits per heavy atom. The molecule has 0 atom stereocenters. The third kappa shape index (κ3) is 3.08. The molecule has 0 unspecified atom stereocenters. The van der Waals surface area contributed by atoms with Crippen molar-refractivity contribution in [1.29, 1.82) is 0 Å². The summed E-state index contributed by atoms with van der Waals surface area (Å²) in [5.74, 6) is 0.313. The van der Waals surface area contributed by atoms with E-state index in [9.17, 15) is 14.9 Å². The highest BCUT2D eigenvalue weighted by atomic mass is 32.1. The molecule has 0 aliphatic rings. The molecule has 1 aromatic carbocycles. The van der Waals surface area contributed by atoms with Gasteiger partial charge >= 0.3 is 5.00 Å². The summed E-state index contributed by atoms with van der Waals surface area (Å²) < 4.78 is 5.00. The summed E-state index contributed by atoms with van der Waals surface area (Å²) in [6.07, 6.45) is 0. The van der Waals surface area contributed by atoms with Gasteiger partial charge in [0.15, 0.2) is 0 Å². The van der Waals surface area contributed by atoms with Crippen LogP contribution in [0.5, 0.6) is 5.75 Å². The summed E-state index contributed by atoms with van der Waals surface area (Å²) in [5.41, 5.74) is 0.599. The molecular weight excluding hydrogens is 268 g/mol. The zero-order valence-corrected chi connectivity index (χ0v) is 10.8. The van der Waals surface area contributed by atoms with E-state index >= 15 is 0 Å². The van der Waals surface area contributed by atoms with Crippen LogP contribution in [0.25, 0.3) is 0 Å². The first-order valence-corrected chi connectivity index (χ1v) is 6.11. The zero-order chi connectivity index (χ0) is 13.8. The summed E-state index contributed by atoms with van der Waals surface area (Å²) in [7, 11) is 1.55. The molecule has 0 aliphatic carbocycles. The van der Waals surface area contributed by atoms with Crippen LogP contribution in [0.3, 0.4) is 0 Å². The molecular formula is C12H10N2O4S. The van der Waals surface area contributed by atoms with E-state index in [1.807, 2.05) is 0 Å². The Kier molecular flexibility index (Phi) is 3.76. The summed E-state index contributed by atoms with van der Waals surface area (Å²) >= 11 is 0.840. The highest BCUT2D eigenvalue weighted by molar-refractivity contribution is 7.17. The van der Waals surface area contributed by atoms with E-state index < -0.39 is 4.92 Å². The van der Waals surface area contributed by atoms with E-state index in [0.717, 1.165) is 11.3 Å². The van der Waals surface area contributed by atoms with Crippen molar-refractivity contribution in [3.05, 3.63) is 51.4 Å². The van der Waals surface area contributed by atoms with E-state index in [4.69, 9.17) is 4.74 Å². The van der Waals surface area contributed by atoms with Crippen LogP contribution in [-0.2, 0) is 0 Å². The summed E-state index contributed by atoms with van der Waals surface area (Å²) in [4.78, 5) is 22.2. The average molecular weight is 278 g/mol. The number of anilines is 1. The minimum Gasteiger partial charge on any atom is -0.497 e. The Hall–Kier alpha value is -2.41. The lowest BCUT2D eigenvalue weighted by atomic mass is 10.3. The fourth-order valence-corrected chi connectivity index (χ4v) is 2.13. The van der Waals surface area contributed by atoms with Gasteiger partial charge < -0.3 is 10.1 Å². The molecule has 1 aromatic heterocycles. The largest absolute Gasteiger partial charge is 0.497 e. The molecule has 19 heavy (non-hydrogen) atoms. The number of nitrogens with zero attached hydrogens (tertiary/aromatic N) is 1. The minimum absolute atomic E-state index is 0.0557. The van der Waals surface area contributed by atoms with Gasteiger partial charge in [-0.2, -0.15) is 0 Å². The van der Waals surface area contributed by atoms with Crippen molar-refractivity contribution in [2.24, 2.45) is 0 Å². The summed E-state index contributed by atoms with van der Waals surface area (Å²) in [6, 6.07) is 9.56. The standard InChI is InChI=1S/C12H10N2O4S/c1-18-9-4-2-8(3-5-9)13-12(15)10-6-7-11(19-10)14(16)17/h2-7H,1H3,(H,13,15). The maximum atomic E-state index is 11.8. The van der Waals surface area contributed by atoms with Crippen LogP contribution in [0.4, 0.5) is 10.7 Å². The fraction of sp³-hybridized carbons (Fsp3) is 0.0833. The number of nitrogens with one attached hydrogen (secondary N) is 1. The average Bonchev–Trinajstić information content (AvgIpc) is 2.89. The Labute approximate surface area is 112 Å². The van der Waals surface area contributed by atoms with Crippen LogP contribution in [0, 0.1) is 10.1 Å². The monoisotopic (exact) mass is 278 g/mol. The molecule has 0 spiro atoms. The number of thiophene rings is 1. The van der Waals surface area contributed by atoms with E-state index in [1.54, 1.807) is 31.4 Å². The summed E-state index contributed by atoms with van der Waals surface area (Å²) in [6.45, 7) is 0. The van der Waals surface area contributed by atoms with Crippen LogP contribution < -0.4 is 10.1 Å². The van der Waals surface area contributed by atoms with E-state index in [-0.39, 0.29) is 10.9 Å². The van der Waals surface area contributed by atoms with Gasteiger partial charge in [-0.05, 0) is 30.3 Å². The molecule has 7 heteroatoms. The SMILES string of the molecule is COc1ccc(NC(=O)c2ccc([N+](=O)[O-])s2)cc1. The van der Waals surface area contributed by atoms with Crippen LogP contribution >= 0.6 is 11.3 Å². The topological polar surface area (TPSA) is 81.5 Å². The molecule has 0 fully saturated rings. The first kappa shape index (κ1) is 13.0. The predicted octanol–water partition coefficient (Wildman–Crippen LogP) is 2.92. The Balaban J connectivity index is 2.08. The lowest BCUT2D eigenvalue weighted by molar-refractivity contribution is -0.380. The van der Waals surface area contributed by atoms with Gasteiger partial charge in [-0.1, -0.05) is 11.3 Å². The number of methoxy groups -OCH3 is 1. The van der Waals surface area contributed by atoms with Crippen LogP contribution in [0.2, 0.25) is 0 Å². The molecule has 0 bridgehead atoms. The number of hydrogen-bond acceptors (Lipinski definition) is 5. The van der Waals surface area contributed by atoms with Crippen molar-refractivity contribution in [3.63, 3.8) is 0 Å². The Morgan fingerprint density at radius 2 is 1.95 bits per heavy atom.